The van der Waals surface area contributed by atoms with Crippen molar-refractivity contribution < 1.29 is 19.5 Å². The zero-order valence-corrected chi connectivity index (χ0v) is 9.96. The van der Waals surface area contributed by atoms with Gasteiger partial charge in [0.05, 0.1) is 13.2 Å². The van der Waals surface area contributed by atoms with Crippen molar-refractivity contribution in [1.29, 1.82) is 0 Å². The lowest BCUT2D eigenvalue weighted by atomic mass is 10.2. The molecule has 0 aliphatic carbocycles. The maximum atomic E-state index is 11.9. The lowest BCUT2D eigenvalue weighted by Crippen LogP contribution is -2.54. The minimum absolute atomic E-state index is 0.164. The lowest BCUT2D eigenvalue weighted by molar-refractivity contribution is -0.138. The smallest absolute Gasteiger partial charge is 0.243 e. The van der Waals surface area contributed by atoms with E-state index in [1.165, 1.54) is 4.90 Å². The number of amides is 3. The number of nitrogens with two attached hydrogens (primary N) is 2. The molecule has 0 bridgehead atoms. The zero-order chi connectivity index (χ0) is 13.7. The van der Waals surface area contributed by atoms with Crippen molar-refractivity contribution in [3.8, 4) is 0 Å². The number of primary amides is 1. The van der Waals surface area contributed by atoms with E-state index in [4.69, 9.17) is 16.6 Å². The lowest BCUT2D eigenvalue weighted by Gasteiger charge is -2.24. The number of nitrogens with one attached hydrogen (secondary N) is 1. The van der Waals surface area contributed by atoms with Crippen LogP contribution in [-0.2, 0) is 14.4 Å². The maximum absolute atomic E-state index is 11.9. The van der Waals surface area contributed by atoms with Crippen molar-refractivity contribution in [1.82, 2.24) is 10.2 Å². The van der Waals surface area contributed by atoms with Crippen LogP contribution in [0.1, 0.15) is 12.8 Å². The number of nitrogens with zero attached hydrogens (tertiary/aromatic N) is 1. The first kappa shape index (κ1) is 14.4. The number of carbonyl (C=O) groups excluding carboxylic acids is 3. The van der Waals surface area contributed by atoms with Gasteiger partial charge in [-0.2, -0.15) is 0 Å². The fourth-order valence-electron chi connectivity index (χ4n) is 1.93. The second kappa shape index (κ2) is 6.31. The molecular formula is C10H18N4O4. The molecule has 1 heterocycles. The SMILES string of the molecule is NCC(=O)N1CCC[C@H]1C(=O)N[C@@H](CO)C(N)=O. The Hall–Kier alpha value is -1.67. The molecule has 1 aliphatic rings. The average Bonchev–Trinajstić information content (AvgIpc) is 2.83. The zero-order valence-electron chi connectivity index (χ0n) is 9.96. The van der Waals surface area contributed by atoms with Crippen LogP contribution in [0.25, 0.3) is 0 Å². The molecule has 1 aliphatic heterocycles. The van der Waals surface area contributed by atoms with Gasteiger partial charge in [0.15, 0.2) is 0 Å². The molecule has 6 N–H and O–H groups in total. The molecule has 1 saturated heterocycles. The summed E-state index contributed by atoms with van der Waals surface area (Å²) in [5.74, 6) is -1.63. The first-order chi connectivity index (χ1) is 8.51. The maximum Gasteiger partial charge on any atom is 0.243 e. The van der Waals surface area contributed by atoms with Gasteiger partial charge in [0.1, 0.15) is 12.1 Å². The highest BCUT2D eigenvalue weighted by Crippen LogP contribution is 2.17. The van der Waals surface area contributed by atoms with E-state index in [0.29, 0.717) is 19.4 Å². The molecule has 0 radical (unpaired) electrons. The molecular weight excluding hydrogens is 240 g/mol. The first-order valence-electron chi connectivity index (χ1n) is 5.71. The number of aliphatic hydroxyl groups is 1. The van der Waals surface area contributed by atoms with Crippen molar-refractivity contribution in [2.75, 3.05) is 19.7 Å². The van der Waals surface area contributed by atoms with Gasteiger partial charge >= 0.3 is 0 Å². The minimum atomic E-state index is -1.13. The van der Waals surface area contributed by atoms with Crippen molar-refractivity contribution in [3.63, 3.8) is 0 Å². The van der Waals surface area contributed by atoms with Crippen LogP contribution in [-0.4, -0.2) is 59.5 Å². The molecule has 1 rings (SSSR count). The largest absolute Gasteiger partial charge is 0.394 e. The molecule has 1 fully saturated rings. The van der Waals surface area contributed by atoms with Gasteiger partial charge in [-0.3, -0.25) is 14.4 Å². The second-order valence-electron chi connectivity index (χ2n) is 4.10. The molecule has 0 saturated carbocycles. The van der Waals surface area contributed by atoms with Gasteiger partial charge in [-0.25, -0.2) is 0 Å². The summed E-state index contributed by atoms with van der Waals surface area (Å²) in [5.41, 5.74) is 10.3. The van der Waals surface area contributed by atoms with Crippen LogP contribution in [0.15, 0.2) is 0 Å². The molecule has 18 heavy (non-hydrogen) atoms. The standard InChI is InChI=1S/C10H18N4O4/c11-4-8(16)14-3-1-2-7(14)10(18)13-6(5-15)9(12)17/h6-7,15H,1-5,11H2,(H2,12,17)(H,13,18)/t6-,7-/m0/s1. The third-order valence-electron chi connectivity index (χ3n) is 2.89. The molecule has 0 aromatic heterocycles. The highest BCUT2D eigenvalue weighted by molar-refractivity contribution is 5.92. The third kappa shape index (κ3) is 3.17. The Morgan fingerprint density at radius 1 is 1.44 bits per heavy atom. The van der Waals surface area contributed by atoms with Crippen LogP contribution in [0, 0.1) is 0 Å². The Morgan fingerprint density at radius 2 is 2.11 bits per heavy atom. The Labute approximate surface area is 104 Å². The number of likely N-dealkylation sites (tertiary alicyclic amines) is 1. The number of carbonyl (C=O) groups is 3. The van der Waals surface area contributed by atoms with E-state index < -0.39 is 30.5 Å². The summed E-state index contributed by atoms with van der Waals surface area (Å²) in [6.45, 7) is -0.268. The second-order valence-corrected chi connectivity index (χ2v) is 4.10. The van der Waals surface area contributed by atoms with Gasteiger partial charge in [-0.1, -0.05) is 0 Å². The van der Waals surface area contributed by atoms with E-state index >= 15 is 0 Å². The van der Waals surface area contributed by atoms with Gasteiger partial charge in [0, 0.05) is 6.54 Å². The summed E-state index contributed by atoms with van der Waals surface area (Å²) >= 11 is 0. The van der Waals surface area contributed by atoms with Crippen molar-refractivity contribution in [2.45, 2.75) is 24.9 Å². The summed E-state index contributed by atoms with van der Waals surface area (Å²) in [6.07, 6.45) is 1.21. The van der Waals surface area contributed by atoms with Crippen LogP contribution in [0.5, 0.6) is 0 Å². The highest BCUT2D eigenvalue weighted by atomic mass is 16.3. The number of hydrogen-bond donors (Lipinski definition) is 4. The summed E-state index contributed by atoms with van der Waals surface area (Å²) in [6, 6.07) is -1.78. The Kier molecular flexibility index (Phi) is 5.05. The predicted octanol–water partition coefficient (Wildman–Crippen LogP) is -3.10. The van der Waals surface area contributed by atoms with Gasteiger partial charge < -0.3 is 26.8 Å². The number of hydrogen-bond acceptors (Lipinski definition) is 5. The number of aliphatic hydroxyl groups excluding tert-OH is 1. The summed E-state index contributed by atoms with van der Waals surface area (Å²) < 4.78 is 0. The summed E-state index contributed by atoms with van der Waals surface area (Å²) in [7, 11) is 0. The molecule has 0 unspecified atom stereocenters. The Morgan fingerprint density at radius 3 is 2.61 bits per heavy atom. The molecule has 8 heteroatoms. The van der Waals surface area contributed by atoms with Crippen molar-refractivity contribution >= 4 is 17.7 Å². The quantitative estimate of drug-likeness (QED) is 0.413. The van der Waals surface area contributed by atoms with Crippen LogP contribution < -0.4 is 16.8 Å². The number of rotatable bonds is 5. The monoisotopic (exact) mass is 258 g/mol. The third-order valence-corrected chi connectivity index (χ3v) is 2.89. The van der Waals surface area contributed by atoms with E-state index in [9.17, 15) is 14.4 Å². The van der Waals surface area contributed by atoms with Crippen molar-refractivity contribution in [2.24, 2.45) is 11.5 Å². The van der Waals surface area contributed by atoms with Gasteiger partial charge in [0.2, 0.25) is 17.7 Å². The van der Waals surface area contributed by atoms with E-state index in [0.717, 1.165) is 0 Å². The van der Waals surface area contributed by atoms with E-state index in [-0.39, 0.29) is 12.5 Å². The molecule has 2 atom stereocenters. The molecule has 0 spiro atoms. The fraction of sp³-hybridized carbons (Fsp3) is 0.700. The van der Waals surface area contributed by atoms with Crippen LogP contribution >= 0.6 is 0 Å². The molecule has 102 valence electrons. The topological polar surface area (TPSA) is 139 Å². The average molecular weight is 258 g/mol. The van der Waals surface area contributed by atoms with Gasteiger partial charge in [-0.15, -0.1) is 0 Å². The summed E-state index contributed by atoms with van der Waals surface area (Å²) in [5, 5.41) is 11.2. The molecule has 8 nitrogen and oxygen atoms in total. The van der Waals surface area contributed by atoms with Crippen LogP contribution in [0.2, 0.25) is 0 Å². The molecule has 0 aromatic rings. The Bertz CT molecular complexity index is 347. The predicted molar refractivity (Wildman–Crippen MR) is 62.0 cm³/mol. The van der Waals surface area contributed by atoms with Gasteiger partial charge in [-0.05, 0) is 12.8 Å². The van der Waals surface area contributed by atoms with Crippen LogP contribution in [0.4, 0.5) is 0 Å². The van der Waals surface area contributed by atoms with E-state index in [2.05, 4.69) is 5.32 Å². The minimum Gasteiger partial charge on any atom is -0.394 e. The van der Waals surface area contributed by atoms with Crippen molar-refractivity contribution in [3.05, 3.63) is 0 Å². The molecule has 0 aromatic carbocycles. The molecule has 3 amide bonds. The van der Waals surface area contributed by atoms with Crippen LogP contribution in [0.3, 0.4) is 0 Å². The van der Waals surface area contributed by atoms with E-state index in [1.54, 1.807) is 0 Å². The highest BCUT2D eigenvalue weighted by Gasteiger charge is 2.34. The van der Waals surface area contributed by atoms with E-state index in [1.807, 2.05) is 0 Å². The summed E-state index contributed by atoms with van der Waals surface area (Å²) in [4.78, 5) is 35.7. The normalized spacial score (nSPS) is 20.6. The first-order valence-corrected chi connectivity index (χ1v) is 5.71. The Balaban J connectivity index is 2.65. The fourth-order valence-corrected chi connectivity index (χ4v) is 1.93. The van der Waals surface area contributed by atoms with Gasteiger partial charge in [0.25, 0.3) is 0 Å².